The molecule has 0 aromatic heterocycles. The highest BCUT2D eigenvalue weighted by Gasteiger charge is 2.26. The first-order valence-corrected chi connectivity index (χ1v) is 5.15. The van der Waals surface area contributed by atoms with Crippen LogP contribution < -0.4 is 0 Å². The smallest absolute Gasteiger partial charge is 0.117 e. The van der Waals surface area contributed by atoms with Gasteiger partial charge < -0.3 is 9.64 Å². The number of likely N-dealkylation sites (N-methyl/N-ethyl adjacent to an activating group) is 1. The Kier molecular flexibility index (Phi) is 3.97. The van der Waals surface area contributed by atoms with Crippen LogP contribution in [-0.4, -0.2) is 30.7 Å². The molecule has 0 amide bonds. The van der Waals surface area contributed by atoms with Crippen LogP contribution in [0.15, 0.2) is 11.8 Å². The van der Waals surface area contributed by atoms with Crippen molar-refractivity contribution in [3.63, 3.8) is 0 Å². The molecular weight excluding hydrogens is 176 g/mol. The lowest BCUT2D eigenvalue weighted by Crippen LogP contribution is -2.48. The van der Waals surface area contributed by atoms with Gasteiger partial charge in [0.15, 0.2) is 0 Å². The van der Waals surface area contributed by atoms with Crippen molar-refractivity contribution < 1.29 is 4.74 Å². The van der Waals surface area contributed by atoms with Crippen molar-refractivity contribution in [2.75, 3.05) is 19.8 Å². The summed E-state index contributed by atoms with van der Waals surface area (Å²) in [5, 5.41) is 9.04. The highest BCUT2D eigenvalue weighted by molar-refractivity contribution is 5.21. The van der Waals surface area contributed by atoms with Crippen LogP contribution in [0.3, 0.4) is 0 Å². The monoisotopic (exact) mass is 194 g/mol. The molecule has 0 aromatic rings. The summed E-state index contributed by atoms with van der Waals surface area (Å²) in [7, 11) is 0. The second-order valence-corrected chi connectivity index (χ2v) is 3.89. The van der Waals surface area contributed by atoms with Gasteiger partial charge in [-0.15, -0.1) is 0 Å². The van der Waals surface area contributed by atoms with Crippen molar-refractivity contribution in [2.45, 2.75) is 26.8 Å². The molecule has 0 radical (unpaired) electrons. The molecule has 3 nitrogen and oxygen atoms in total. The van der Waals surface area contributed by atoms with Crippen LogP contribution in [0.25, 0.3) is 0 Å². The van der Waals surface area contributed by atoms with Crippen LogP contribution in [0, 0.1) is 17.2 Å². The Balaban J connectivity index is 2.69. The van der Waals surface area contributed by atoms with Gasteiger partial charge in [0.1, 0.15) is 11.8 Å². The van der Waals surface area contributed by atoms with Crippen molar-refractivity contribution in [1.29, 1.82) is 5.26 Å². The molecule has 1 rings (SSSR count). The van der Waals surface area contributed by atoms with Crippen LogP contribution in [-0.2, 0) is 4.74 Å². The van der Waals surface area contributed by atoms with Gasteiger partial charge in [-0.05, 0) is 18.9 Å². The van der Waals surface area contributed by atoms with Gasteiger partial charge in [0.2, 0.25) is 0 Å². The lowest BCUT2D eigenvalue weighted by molar-refractivity contribution is -0.0500. The molecule has 0 atom stereocenters. The molecule has 3 heteroatoms. The lowest BCUT2D eigenvalue weighted by Gasteiger charge is -2.37. The summed E-state index contributed by atoms with van der Waals surface area (Å²) < 4.78 is 5.14. The maximum Gasteiger partial charge on any atom is 0.117 e. The van der Waals surface area contributed by atoms with Gasteiger partial charge in [0.05, 0.1) is 19.3 Å². The molecule has 1 aliphatic heterocycles. The number of hydrogen-bond acceptors (Lipinski definition) is 3. The van der Waals surface area contributed by atoms with E-state index in [4.69, 9.17) is 10.00 Å². The summed E-state index contributed by atoms with van der Waals surface area (Å²) in [5.41, 5.74) is 0.788. The molecule has 1 fully saturated rings. The van der Waals surface area contributed by atoms with Gasteiger partial charge in [0, 0.05) is 6.54 Å². The standard InChI is InChI=1S/C11H18N2O/c1-4-13(11-7-14-8-11)10(6-12)5-9(2)3/h5,9,11H,4,7-8H2,1-3H3. The maximum atomic E-state index is 9.04. The molecular formula is C11H18N2O. The number of ether oxygens (including phenoxy) is 1. The predicted molar refractivity (Wildman–Crippen MR) is 55.5 cm³/mol. The largest absolute Gasteiger partial charge is 0.377 e. The van der Waals surface area contributed by atoms with Crippen molar-refractivity contribution in [1.82, 2.24) is 4.90 Å². The van der Waals surface area contributed by atoms with Crippen LogP contribution in [0.1, 0.15) is 20.8 Å². The third-order valence-corrected chi connectivity index (χ3v) is 2.32. The van der Waals surface area contributed by atoms with Crippen molar-refractivity contribution in [3.05, 3.63) is 11.8 Å². The van der Waals surface area contributed by atoms with Gasteiger partial charge in [-0.25, -0.2) is 0 Å². The minimum Gasteiger partial charge on any atom is -0.377 e. The molecule has 0 N–H and O–H groups in total. The topological polar surface area (TPSA) is 36.3 Å². The van der Waals surface area contributed by atoms with Crippen LogP contribution in [0.5, 0.6) is 0 Å². The lowest BCUT2D eigenvalue weighted by atomic mass is 10.1. The van der Waals surface area contributed by atoms with E-state index >= 15 is 0 Å². The second kappa shape index (κ2) is 5.02. The number of nitriles is 1. The first kappa shape index (κ1) is 11.1. The Morgan fingerprint density at radius 2 is 2.29 bits per heavy atom. The zero-order valence-electron chi connectivity index (χ0n) is 9.16. The molecule has 0 aromatic carbocycles. The van der Waals surface area contributed by atoms with E-state index in [-0.39, 0.29) is 0 Å². The van der Waals surface area contributed by atoms with Gasteiger partial charge in [-0.1, -0.05) is 13.8 Å². The SMILES string of the molecule is CCN(C(C#N)=CC(C)C)C1COC1. The fourth-order valence-corrected chi connectivity index (χ4v) is 1.54. The number of nitrogens with zero attached hydrogens (tertiary/aromatic N) is 2. The zero-order chi connectivity index (χ0) is 10.6. The minimum absolute atomic E-state index is 0.407. The molecule has 0 spiro atoms. The first-order valence-electron chi connectivity index (χ1n) is 5.15. The average molecular weight is 194 g/mol. The number of allylic oxidation sites excluding steroid dienone is 2. The molecule has 0 aliphatic carbocycles. The molecule has 78 valence electrons. The summed E-state index contributed by atoms with van der Waals surface area (Å²) >= 11 is 0. The Hall–Kier alpha value is -1.01. The van der Waals surface area contributed by atoms with Crippen molar-refractivity contribution in [3.8, 4) is 6.07 Å². The van der Waals surface area contributed by atoms with Gasteiger partial charge in [-0.3, -0.25) is 0 Å². The quantitative estimate of drug-likeness (QED) is 0.640. The van der Waals surface area contributed by atoms with Crippen LogP contribution >= 0.6 is 0 Å². The Morgan fingerprint density at radius 1 is 1.64 bits per heavy atom. The fourth-order valence-electron chi connectivity index (χ4n) is 1.54. The molecule has 1 heterocycles. The molecule has 0 bridgehead atoms. The normalized spacial score (nSPS) is 17.8. The molecule has 1 saturated heterocycles. The van der Waals surface area contributed by atoms with E-state index in [0.29, 0.717) is 12.0 Å². The molecule has 1 aliphatic rings. The van der Waals surface area contributed by atoms with Crippen LogP contribution in [0.2, 0.25) is 0 Å². The number of rotatable bonds is 4. The van der Waals surface area contributed by atoms with E-state index < -0.39 is 0 Å². The van der Waals surface area contributed by atoms with Gasteiger partial charge in [0.25, 0.3) is 0 Å². The summed E-state index contributed by atoms with van der Waals surface area (Å²) in [6, 6.07) is 2.67. The molecule has 0 unspecified atom stereocenters. The minimum atomic E-state index is 0.407. The number of hydrogen-bond donors (Lipinski definition) is 0. The maximum absolute atomic E-state index is 9.04. The molecule has 0 saturated carbocycles. The van der Waals surface area contributed by atoms with Gasteiger partial charge >= 0.3 is 0 Å². The third kappa shape index (κ3) is 2.49. The highest BCUT2D eigenvalue weighted by Crippen LogP contribution is 2.17. The molecule has 14 heavy (non-hydrogen) atoms. The van der Waals surface area contributed by atoms with E-state index in [2.05, 4.69) is 31.7 Å². The van der Waals surface area contributed by atoms with E-state index in [1.807, 2.05) is 6.08 Å². The summed E-state index contributed by atoms with van der Waals surface area (Å²) in [6.07, 6.45) is 2.02. The predicted octanol–water partition coefficient (Wildman–Crippen LogP) is 1.77. The second-order valence-electron chi connectivity index (χ2n) is 3.89. The van der Waals surface area contributed by atoms with Crippen molar-refractivity contribution in [2.24, 2.45) is 5.92 Å². The van der Waals surface area contributed by atoms with E-state index in [0.717, 1.165) is 25.5 Å². The summed E-state index contributed by atoms with van der Waals surface area (Å²) in [6.45, 7) is 8.63. The van der Waals surface area contributed by atoms with E-state index in [1.165, 1.54) is 0 Å². The third-order valence-electron chi connectivity index (χ3n) is 2.32. The zero-order valence-corrected chi connectivity index (χ0v) is 9.16. The summed E-state index contributed by atoms with van der Waals surface area (Å²) in [4.78, 5) is 2.13. The average Bonchev–Trinajstić information content (AvgIpc) is 2.07. The van der Waals surface area contributed by atoms with E-state index in [1.54, 1.807) is 0 Å². The van der Waals surface area contributed by atoms with Crippen LogP contribution in [0.4, 0.5) is 0 Å². The Morgan fingerprint density at radius 3 is 2.57 bits per heavy atom. The van der Waals surface area contributed by atoms with E-state index in [9.17, 15) is 0 Å². The Labute approximate surface area is 86.0 Å². The van der Waals surface area contributed by atoms with Gasteiger partial charge in [-0.2, -0.15) is 5.26 Å². The highest BCUT2D eigenvalue weighted by atomic mass is 16.5. The Bertz CT molecular complexity index is 249. The first-order chi connectivity index (χ1) is 6.69. The fraction of sp³-hybridized carbons (Fsp3) is 0.727. The van der Waals surface area contributed by atoms with Crippen molar-refractivity contribution >= 4 is 0 Å². The summed E-state index contributed by atoms with van der Waals surface area (Å²) in [5.74, 6) is 0.416.